The van der Waals surface area contributed by atoms with Crippen LogP contribution in [0.1, 0.15) is 11.3 Å². The lowest BCUT2D eigenvalue weighted by Gasteiger charge is -2.11. The zero-order valence-corrected chi connectivity index (χ0v) is 10.5. The lowest BCUT2D eigenvalue weighted by atomic mass is 10.1. The average molecular weight is 267 g/mol. The fourth-order valence-electron chi connectivity index (χ4n) is 1.76. The van der Waals surface area contributed by atoms with Crippen LogP contribution in [0.2, 0.25) is 0 Å². The van der Waals surface area contributed by atoms with Gasteiger partial charge < -0.3 is 4.74 Å². The van der Waals surface area contributed by atoms with Crippen molar-refractivity contribution in [1.82, 2.24) is 4.98 Å². The van der Waals surface area contributed by atoms with Crippen LogP contribution in [0, 0.1) is 13.8 Å². The van der Waals surface area contributed by atoms with Gasteiger partial charge in [0.05, 0.1) is 5.69 Å². The van der Waals surface area contributed by atoms with Crippen LogP contribution in [0.3, 0.4) is 0 Å². The molecule has 0 fully saturated rings. The first kappa shape index (κ1) is 13.4. The Kier molecular flexibility index (Phi) is 3.46. The van der Waals surface area contributed by atoms with Gasteiger partial charge in [-0.25, -0.2) is 0 Å². The molecule has 0 aliphatic rings. The largest absolute Gasteiger partial charge is 0.573 e. The summed E-state index contributed by atoms with van der Waals surface area (Å²) in [4.78, 5) is 4.34. The number of alkyl halides is 3. The van der Waals surface area contributed by atoms with E-state index in [0.717, 1.165) is 11.3 Å². The Labute approximate surface area is 108 Å². The Morgan fingerprint density at radius 1 is 1.05 bits per heavy atom. The van der Waals surface area contributed by atoms with Crippen LogP contribution in [0.4, 0.5) is 13.2 Å². The van der Waals surface area contributed by atoms with Gasteiger partial charge in [0.1, 0.15) is 5.75 Å². The quantitative estimate of drug-likeness (QED) is 0.810. The maximum absolute atomic E-state index is 12.2. The standard InChI is InChI=1S/C14H12F3NO/c1-9-6-7-10(2)18-13(9)11-4-3-5-12(8-11)19-14(15,16)17/h3-8H,1-2H3. The van der Waals surface area contributed by atoms with Gasteiger partial charge in [-0.15, -0.1) is 13.2 Å². The third-order valence-corrected chi connectivity index (χ3v) is 2.58. The van der Waals surface area contributed by atoms with Crippen molar-refractivity contribution in [2.75, 3.05) is 0 Å². The van der Waals surface area contributed by atoms with Crippen molar-refractivity contribution in [2.24, 2.45) is 0 Å². The molecule has 0 unspecified atom stereocenters. The molecule has 0 aliphatic heterocycles. The molecule has 2 aromatic rings. The summed E-state index contributed by atoms with van der Waals surface area (Å²) in [5, 5.41) is 0. The zero-order chi connectivity index (χ0) is 14.0. The van der Waals surface area contributed by atoms with Gasteiger partial charge in [0, 0.05) is 11.3 Å². The van der Waals surface area contributed by atoms with E-state index in [0.29, 0.717) is 11.3 Å². The summed E-state index contributed by atoms with van der Waals surface area (Å²) in [7, 11) is 0. The van der Waals surface area contributed by atoms with Crippen molar-refractivity contribution in [2.45, 2.75) is 20.2 Å². The van der Waals surface area contributed by atoms with Crippen LogP contribution in [0.5, 0.6) is 5.75 Å². The Morgan fingerprint density at radius 2 is 1.79 bits per heavy atom. The van der Waals surface area contributed by atoms with Gasteiger partial charge in [-0.2, -0.15) is 0 Å². The summed E-state index contributed by atoms with van der Waals surface area (Å²) in [6, 6.07) is 9.56. The van der Waals surface area contributed by atoms with E-state index in [1.54, 1.807) is 6.07 Å². The first-order valence-corrected chi connectivity index (χ1v) is 5.65. The van der Waals surface area contributed by atoms with Gasteiger partial charge in [0.25, 0.3) is 0 Å². The molecule has 1 heterocycles. The van der Waals surface area contributed by atoms with Gasteiger partial charge in [0.2, 0.25) is 0 Å². The molecular weight excluding hydrogens is 255 g/mol. The van der Waals surface area contributed by atoms with Gasteiger partial charge in [-0.3, -0.25) is 4.98 Å². The molecule has 0 atom stereocenters. The number of pyridine rings is 1. The number of nitrogens with zero attached hydrogens (tertiary/aromatic N) is 1. The molecule has 0 aliphatic carbocycles. The van der Waals surface area contributed by atoms with E-state index in [1.165, 1.54) is 18.2 Å². The summed E-state index contributed by atoms with van der Waals surface area (Å²) in [5.74, 6) is -0.243. The second-order valence-corrected chi connectivity index (χ2v) is 4.19. The van der Waals surface area contributed by atoms with E-state index < -0.39 is 6.36 Å². The van der Waals surface area contributed by atoms with E-state index in [2.05, 4.69) is 9.72 Å². The molecule has 0 N–H and O–H groups in total. The number of hydrogen-bond donors (Lipinski definition) is 0. The number of rotatable bonds is 2. The third kappa shape index (κ3) is 3.47. The molecule has 0 saturated carbocycles. The second-order valence-electron chi connectivity index (χ2n) is 4.19. The summed E-state index contributed by atoms with van der Waals surface area (Å²) in [6.07, 6.45) is -4.69. The molecule has 1 aromatic heterocycles. The Bertz CT molecular complexity index is 593. The van der Waals surface area contributed by atoms with Crippen molar-refractivity contribution in [3.8, 4) is 17.0 Å². The van der Waals surface area contributed by atoms with E-state index in [4.69, 9.17) is 0 Å². The minimum atomic E-state index is -4.69. The van der Waals surface area contributed by atoms with Crippen LogP contribution in [-0.2, 0) is 0 Å². The summed E-state index contributed by atoms with van der Waals surface area (Å²) in [6.45, 7) is 3.69. The number of halogens is 3. The van der Waals surface area contributed by atoms with Crippen LogP contribution in [0.15, 0.2) is 36.4 Å². The van der Waals surface area contributed by atoms with Gasteiger partial charge >= 0.3 is 6.36 Å². The van der Waals surface area contributed by atoms with E-state index in [1.807, 2.05) is 26.0 Å². The highest BCUT2D eigenvalue weighted by molar-refractivity contribution is 5.64. The number of aromatic nitrogens is 1. The van der Waals surface area contributed by atoms with Gasteiger partial charge in [-0.1, -0.05) is 18.2 Å². The molecule has 0 bridgehead atoms. The van der Waals surface area contributed by atoms with Crippen molar-refractivity contribution in [1.29, 1.82) is 0 Å². The summed E-state index contributed by atoms with van der Waals surface area (Å²) >= 11 is 0. The second kappa shape index (κ2) is 4.91. The number of benzene rings is 1. The number of aryl methyl sites for hydroxylation is 2. The molecule has 100 valence electrons. The summed E-state index contributed by atoms with van der Waals surface area (Å²) < 4.78 is 40.4. The highest BCUT2D eigenvalue weighted by Crippen LogP contribution is 2.28. The molecule has 1 aromatic carbocycles. The van der Waals surface area contributed by atoms with Crippen molar-refractivity contribution in [3.05, 3.63) is 47.7 Å². The molecule has 2 nitrogen and oxygen atoms in total. The van der Waals surface area contributed by atoms with Crippen LogP contribution in [-0.4, -0.2) is 11.3 Å². The molecule has 0 amide bonds. The maximum Gasteiger partial charge on any atom is 0.573 e. The van der Waals surface area contributed by atoms with Crippen LogP contribution < -0.4 is 4.74 Å². The first-order chi connectivity index (χ1) is 8.85. The lowest BCUT2D eigenvalue weighted by Crippen LogP contribution is -2.17. The normalized spacial score (nSPS) is 11.4. The fourth-order valence-corrected chi connectivity index (χ4v) is 1.76. The minimum absolute atomic E-state index is 0.243. The zero-order valence-electron chi connectivity index (χ0n) is 10.5. The number of hydrogen-bond acceptors (Lipinski definition) is 2. The van der Waals surface area contributed by atoms with E-state index in [9.17, 15) is 13.2 Å². The third-order valence-electron chi connectivity index (χ3n) is 2.58. The van der Waals surface area contributed by atoms with Crippen molar-refractivity contribution < 1.29 is 17.9 Å². The molecule has 0 radical (unpaired) electrons. The Hall–Kier alpha value is -2.04. The highest BCUT2D eigenvalue weighted by Gasteiger charge is 2.31. The first-order valence-electron chi connectivity index (χ1n) is 5.65. The molecule has 19 heavy (non-hydrogen) atoms. The molecule has 5 heteroatoms. The fraction of sp³-hybridized carbons (Fsp3) is 0.214. The molecule has 0 saturated heterocycles. The molecular formula is C14H12F3NO. The lowest BCUT2D eigenvalue weighted by molar-refractivity contribution is -0.274. The smallest absolute Gasteiger partial charge is 0.406 e. The summed E-state index contributed by atoms with van der Waals surface area (Å²) in [5.41, 5.74) is 2.97. The Balaban J connectivity index is 2.40. The molecule has 2 rings (SSSR count). The average Bonchev–Trinajstić information content (AvgIpc) is 2.30. The van der Waals surface area contributed by atoms with Gasteiger partial charge in [0.15, 0.2) is 0 Å². The predicted molar refractivity (Wildman–Crippen MR) is 65.8 cm³/mol. The van der Waals surface area contributed by atoms with Crippen LogP contribution in [0.25, 0.3) is 11.3 Å². The predicted octanol–water partition coefficient (Wildman–Crippen LogP) is 4.26. The minimum Gasteiger partial charge on any atom is -0.406 e. The number of ether oxygens (including phenoxy) is 1. The van der Waals surface area contributed by atoms with Crippen LogP contribution >= 0.6 is 0 Å². The van der Waals surface area contributed by atoms with Crippen molar-refractivity contribution in [3.63, 3.8) is 0 Å². The highest BCUT2D eigenvalue weighted by atomic mass is 19.4. The maximum atomic E-state index is 12.2. The Morgan fingerprint density at radius 3 is 2.47 bits per heavy atom. The molecule has 0 spiro atoms. The SMILES string of the molecule is Cc1ccc(C)c(-c2cccc(OC(F)(F)F)c2)n1. The van der Waals surface area contributed by atoms with E-state index in [-0.39, 0.29) is 5.75 Å². The van der Waals surface area contributed by atoms with Crippen molar-refractivity contribution >= 4 is 0 Å². The monoisotopic (exact) mass is 267 g/mol. The van der Waals surface area contributed by atoms with E-state index >= 15 is 0 Å². The topological polar surface area (TPSA) is 22.1 Å². The van der Waals surface area contributed by atoms with Gasteiger partial charge in [-0.05, 0) is 37.6 Å².